The third-order valence-electron chi connectivity index (χ3n) is 2.61. The molecule has 0 amide bonds. The van der Waals surface area contributed by atoms with E-state index in [2.05, 4.69) is 20.9 Å². The number of hydrogen-bond donors (Lipinski definition) is 2. The number of aromatic nitrogens is 1. The molecule has 0 aliphatic rings. The molecule has 0 fully saturated rings. The van der Waals surface area contributed by atoms with Gasteiger partial charge in [0.2, 0.25) is 5.88 Å². The van der Waals surface area contributed by atoms with Crippen LogP contribution in [-0.4, -0.2) is 10.8 Å². The van der Waals surface area contributed by atoms with Gasteiger partial charge in [0.25, 0.3) is 0 Å². The van der Waals surface area contributed by atoms with Crippen molar-refractivity contribution in [2.45, 2.75) is 13.5 Å². The van der Waals surface area contributed by atoms with Crippen LogP contribution in [0.3, 0.4) is 0 Å². The van der Waals surface area contributed by atoms with E-state index >= 15 is 0 Å². The fraction of sp³-hybridized carbons (Fsp3) is 0.143. The minimum Gasteiger partial charge on any atom is -0.472 e. The summed E-state index contributed by atoms with van der Waals surface area (Å²) in [5.41, 5.74) is 7.87. The lowest BCUT2D eigenvalue weighted by Gasteiger charge is -2.11. The van der Waals surface area contributed by atoms with Gasteiger partial charge in [-0.3, -0.25) is 5.41 Å². The number of benzene rings is 1. The van der Waals surface area contributed by atoms with E-state index in [1.807, 2.05) is 37.3 Å². The Morgan fingerprint density at radius 2 is 2.05 bits per heavy atom. The number of nitrogen functional groups attached to an aromatic ring is 1. The average molecular weight is 320 g/mol. The summed E-state index contributed by atoms with van der Waals surface area (Å²) in [7, 11) is 0. The molecule has 1 heterocycles. The van der Waals surface area contributed by atoms with Gasteiger partial charge in [-0.05, 0) is 25.1 Å². The van der Waals surface area contributed by atoms with E-state index < -0.39 is 0 Å². The number of nitrogens with two attached hydrogens (primary N) is 1. The van der Waals surface area contributed by atoms with E-state index in [0.29, 0.717) is 18.1 Å². The standard InChI is InChI=1S/C14H14BrN3O/c1-9-6-7-11(13(16)17)14(18-9)19-8-10-4-2-3-5-12(10)15/h2-7H,8H2,1H3,(H3,16,17). The van der Waals surface area contributed by atoms with Gasteiger partial charge in [0.05, 0.1) is 5.56 Å². The molecular weight excluding hydrogens is 306 g/mol. The summed E-state index contributed by atoms with van der Waals surface area (Å²) in [5, 5.41) is 7.52. The SMILES string of the molecule is Cc1ccc(C(=N)N)c(OCc2ccccc2Br)n1. The highest BCUT2D eigenvalue weighted by Crippen LogP contribution is 2.20. The first kappa shape index (κ1) is 13.5. The first-order chi connectivity index (χ1) is 9.08. The van der Waals surface area contributed by atoms with E-state index in [-0.39, 0.29) is 5.84 Å². The van der Waals surface area contributed by atoms with Crippen LogP contribution in [0.25, 0.3) is 0 Å². The first-order valence-corrected chi connectivity index (χ1v) is 6.55. The van der Waals surface area contributed by atoms with Crippen molar-refractivity contribution in [2.24, 2.45) is 5.73 Å². The molecule has 0 aliphatic carbocycles. The normalized spacial score (nSPS) is 10.2. The Morgan fingerprint density at radius 3 is 2.74 bits per heavy atom. The molecule has 0 aliphatic heterocycles. The Labute approximate surface area is 120 Å². The van der Waals surface area contributed by atoms with Crippen LogP contribution in [0.2, 0.25) is 0 Å². The van der Waals surface area contributed by atoms with Gasteiger partial charge in [-0.15, -0.1) is 0 Å². The Morgan fingerprint density at radius 1 is 1.32 bits per heavy atom. The fourth-order valence-electron chi connectivity index (χ4n) is 1.61. The second-order valence-corrected chi connectivity index (χ2v) is 4.95. The number of nitrogens with zero attached hydrogens (tertiary/aromatic N) is 1. The van der Waals surface area contributed by atoms with Crippen molar-refractivity contribution in [3.8, 4) is 5.88 Å². The maximum Gasteiger partial charge on any atom is 0.225 e. The predicted octanol–water partition coefficient (Wildman–Crippen LogP) is 3.02. The van der Waals surface area contributed by atoms with Crippen LogP contribution in [-0.2, 0) is 6.61 Å². The summed E-state index contributed by atoms with van der Waals surface area (Å²) < 4.78 is 6.66. The Balaban J connectivity index is 2.22. The summed E-state index contributed by atoms with van der Waals surface area (Å²) in [6.45, 7) is 2.24. The van der Waals surface area contributed by atoms with Crippen LogP contribution >= 0.6 is 15.9 Å². The summed E-state index contributed by atoms with van der Waals surface area (Å²) in [6, 6.07) is 11.4. The van der Waals surface area contributed by atoms with Crippen molar-refractivity contribution in [2.75, 3.05) is 0 Å². The van der Waals surface area contributed by atoms with Gasteiger partial charge in [-0.25, -0.2) is 4.98 Å². The number of amidine groups is 1. The molecule has 19 heavy (non-hydrogen) atoms. The van der Waals surface area contributed by atoms with Gasteiger partial charge >= 0.3 is 0 Å². The van der Waals surface area contributed by atoms with Crippen LogP contribution in [0.5, 0.6) is 5.88 Å². The van der Waals surface area contributed by atoms with E-state index in [1.54, 1.807) is 6.07 Å². The third kappa shape index (κ3) is 3.32. The lowest BCUT2D eigenvalue weighted by molar-refractivity contribution is 0.292. The number of rotatable bonds is 4. The van der Waals surface area contributed by atoms with Gasteiger partial charge < -0.3 is 10.5 Å². The van der Waals surface area contributed by atoms with Gasteiger partial charge in [0.15, 0.2) is 0 Å². The highest BCUT2D eigenvalue weighted by Gasteiger charge is 2.09. The number of halogens is 1. The lowest BCUT2D eigenvalue weighted by Crippen LogP contribution is -2.14. The number of aryl methyl sites for hydroxylation is 1. The molecule has 98 valence electrons. The molecule has 3 N–H and O–H groups in total. The molecule has 1 aromatic carbocycles. The third-order valence-corrected chi connectivity index (χ3v) is 3.39. The van der Waals surface area contributed by atoms with Crippen molar-refractivity contribution < 1.29 is 4.74 Å². The Kier molecular flexibility index (Phi) is 4.16. The zero-order valence-electron chi connectivity index (χ0n) is 10.5. The minimum absolute atomic E-state index is 0.0466. The molecule has 4 nitrogen and oxygen atoms in total. The second kappa shape index (κ2) is 5.84. The molecule has 0 spiro atoms. The molecule has 0 unspecified atom stereocenters. The Bertz CT molecular complexity index is 613. The van der Waals surface area contributed by atoms with E-state index in [4.69, 9.17) is 15.9 Å². The number of nitrogens with one attached hydrogen (secondary N) is 1. The van der Waals surface area contributed by atoms with Crippen LogP contribution in [0.15, 0.2) is 40.9 Å². The van der Waals surface area contributed by atoms with Gasteiger partial charge in [-0.1, -0.05) is 34.1 Å². The molecule has 0 saturated heterocycles. The predicted molar refractivity (Wildman–Crippen MR) is 78.5 cm³/mol. The second-order valence-electron chi connectivity index (χ2n) is 4.10. The van der Waals surface area contributed by atoms with Crippen molar-refractivity contribution in [1.29, 1.82) is 5.41 Å². The van der Waals surface area contributed by atoms with Gasteiger partial charge in [-0.2, -0.15) is 0 Å². The van der Waals surface area contributed by atoms with E-state index in [1.165, 1.54) is 0 Å². The highest BCUT2D eigenvalue weighted by molar-refractivity contribution is 9.10. The highest BCUT2D eigenvalue weighted by atomic mass is 79.9. The van der Waals surface area contributed by atoms with Crippen molar-refractivity contribution in [3.63, 3.8) is 0 Å². The zero-order chi connectivity index (χ0) is 13.8. The van der Waals surface area contributed by atoms with Crippen molar-refractivity contribution in [3.05, 3.63) is 57.7 Å². The summed E-state index contributed by atoms with van der Waals surface area (Å²) in [4.78, 5) is 4.28. The molecule has 0 saturated carbocycles. The summed E-state index contributed by atoms with van der Waals surface area (Å²) in [5.74, 6) is 0.345. The molecule has 2 aromatic rings. The van der Waals surface area contributed by atoms with Crippen LogP contribution in [0.4, 0.5) is 0 Å². The largest absolute Gasteiger partial charge is 0.472 e. The number of hydrogen-bond acceptors (Lipinski definition) is 3. The van der Waals surface area contributed by atoms with Crippen LogP contribution in [0.1, 0.15) is 16.8 Å². The lowest BCUT2D eigenvalue weighted by atomic mass is 10.2. The van der Waals surface area contributed by atoms with E-state index in [9.17, 15) is 0 Å². The summed E-state index contributed by atoms with van der Waals surface area (Å²) in [6.07, 6.45) is 0. The zero-order valence-corrected chi connectivity index (χ0v) is 12.1. The fourth-order valence-corrected chi connectivity index (χ4v) is 2.01. The maximum absolute atomic E-state index is 7.52. The molecule has 1 aromatic heterocycles. The average Bonchev–Trinajstić information content (AvgIpc) is 2.37. The first-order valence-electron chi connectivity index (χ1n) is 5.76. The molecule has 0 atom stereocenters. The molecule has 0 bridgehead atoms. The topological polar surface area (TPSA) is 72.0 Å². The van der Waals surface area contributed by atoms with Crippen molar-refractivity contribution in [1.82, 2.24) is 4.98 Å². The van der Waals surface area contributed by atoms with Crippen LogP contribution < -0.4 is 10.5 Å². The number of pyridine rings is 1. The number of ether oxygens (including phenoxy) is 1. The monoisotopic (exact) mass is 319 g/mol. The van der Waals surface area contributed by atoms with Gasteiger partial charge in [0, 0.05) is 15.7 Å². The molecule has 5 heteroatoms. The van der Waals surface area contributed by atoms with Crippen LogP contribution in [0, 0.1) is 12.3 Å². The molecular formula is C14H14BrN3O. The molecule has 0 radical (unpaired) electrons. The minimum atomic E-state index is -0.0466. The van der Waals surface area contributed by atoms with Gasteiger partial charge in [0.1, 0.15) is 12.4 Å². The summed E-state index contributed by atoms with van der Waals surface area (Å²) >= 11 is 3.46. The quantitative estimate of drug-likeness (QED) is 0.672. The maximum atomic E-state index is 7.52. The molecule has 2 rings (SSSR count). The smallest absolute Gasteiger partial charge is 0.225 e. The van der Waals surface area contributed by atoms with Crippen molar-refractivity contribution >= 4 is 21.8 Å². The van der Waals surface area contributed by atoms with E-state index in [0.717, 1.165) is 15.7 Å². The Hall–Kier alpha value is -1.88.